The maximum absolute atomic E-state index is 10.6. The standard InChI is InChI=1S/C12H15N.C2HF3O2/c1-10-7-8-13-12(9-10)11-5-3-2-4-6-11;3-2(4,5)1(6)7/h2-6,10H,7-9H2,1H3;(H,6,7). The van der Waals surface area contributed by atoms with Gasteiger partial charge < -0.3 is 5.11 Å². The molecule has 0 aliphatic carbocycles. The maximum Gasteiger partial charge on any atom is 0.490 e. The molecule has 0 radical (unpaired) electrons. The van der Waals surface area contributed by atoms with Gasteiger partial charge in [-0.05, 0) is 24.3 Å². The van der Waals surface area contributed by atoms with E-state index >= 15 is 0 Å². The molecule has 1 aliphatic rings. The molecule has 110 valence electrons. The molecule has 1 aliphatic heterocycles. The summed E-state index contributed by atoms with van der Waals surface area (Å²) < 4.78 is 31.7. The third kappa shape index (κ3) is 5.42. The molecule has 2 rings (SSSR count). The molecular formula is C14H16F3NO2. The van der Waals surface area contributed by atoms with Crippen LogP contribution in [0.25, 0.3) is 0 Å². The summed E-state index contributed by atoms with van der Waals surface area (Å²) in [6, 6.07) is 10.5. The van der Waals surface area contributed by atoms with Crippen molar-refractivity contribution in [3.63, 3.8) is 0 Å². The zero-order valence-corrected chi connectivity index (χ0v) is 11.0. The van der Waals surface area contributed by atoms with Gasteiger partial charge in [0.05, 0.1) is 0 Å². The van der Waals surface area contributed by atoms with Crippen LogP contribution in [-0.4, -0.2) is 29.5 Å². The monoisotopic (exact) mass is 287 g/mol. The number of nitrogens with zero attached hydrogens (tertiary/aromatic N) is 1. The van der Waals surface area contributed by atoms with Crippen LogP contribution in [0.15, 0.2) is 35.3 Å². The number of benzene rings is 1. The Hall–Kier alpha value is -1.85. The number of rotatable bonds is 1. The van der Waals surface area contributed by atoms with E-state index in [1.165, 1.54) is 17.7 Å². The molecule has 1 aromatic rings. The van der Waals surface area contributed by atoms with Gasteiger partial charge in [0, 0.05) is 12.3 Å². The zero-order chi connectivity index (χ0) is 15.2. The first-order valence-electron chi connectivity index (χ1n) is 6.19. The number of alkyl halides is 3. The van der Waals surface area contributed by atoms with Crippen molar-refractivity contribution in [3.05, 3.63) is 35.9 Å². The van der Waals surface area contributed by atoms with Crippen molar-refractivity contribution in [2.45, 2.75) is 25.9 Å². The summed E-state index contributed by atoms with van der Waals surface area (Å²) in [4.78, 5) is 13.5. The Labute approximate surface area is 115 Å². The molecule has 0 bridgehead atoms. The predicted octanol–water partition coefficient (Wildman–Crippen LogP) is 3.54. The van der Waals surface area contributed by atoms with E-state index < -0.39 is 12.1 Å². The van der Waals surface area contributed by atoms with Crippen molar-refractivity contribution in [2.75, 3.05) is 6.54 Å². The first-order valence-corrected chi connectivity index (χ1v) is 6.19. The summed E-state index contributed by atoms with van der Waals surface area (Å²) >= 11 is 0. The second kappa shape index (κ2) is 7.07. The molecule has 6 heteroatoms. The summed E-state index contributed by atoms with van der Waals surface area (Å²) in [6.45, 7) is 3.31. The van der Waals surface area contributed by atoms with Crippen molar-refractivity contribution >= 4 is 11.7 Å². The van der Waals surface area contributed by atoms with Crippen molar-refractivity contribution in [1.29, 1.82) is 0 Å². The number of aliphatic carboxylic acids is 1. The Morgan fingerprint density at radius 3 is 2.30 bits per heavy atom. The summed E-state index contributed by atoms with van der Waals surface area (Å²) in [7, 11) is 0. The van der Waals surface area contributed by atoms with Gasteiger partial charge in [-0.15, -0.1) is 0 Å². The van der Waals surface area contributed by atoms with E-state index in [1.54, 1.807) is 0 Å². The topological polar surface area (TPSA) is 49.7 Å². The van der Waals surface area contributed by atoms with E-state index in [4.69, 9.17) is 9.90 Å². The van der Waals surface area contributed by atoms with Gasteiger partial charge in [0.25, 0.3) is 0 Å². The Kier molecular flexibility index (Phi) is 5.73. The Balaban J connectivity index is 0.000000246. The predicted molar refractivity (Wildman–Crippen MR) is 69.9 cm³/mol. The number of carbonyl (C=O) groups is 1. The lowest BCUT2D eigenvalue weighted by atomic mass is 9.94. The average molecular weight is 287 g/mol. The minimum absolute atomic E-state index is 0.799. The minimum Gasteiger partial charge on any atom is -0.475 e. The van der Waals surface area contributed by atoms with E-state index in [-0.39, 0.29) is 0 Å². The maximum atomic E-state index is 10.6. The van der Waals surface area contributed by atoms with Crippen LogP contribution in [0.2, 0.25) is 0 Å². The van der Waals surface area contributed by atoms with Gasteiger partial charge in [-0.25, -0.2) is 4.79 Å². The van der Waals surface area contributed by atoms with Crippen LogP contribution in [0.1, 0.15) is 25.3 Å². The van der Waals surface area contributed by atoms with Crippen molar-refractivity contribution in [1.82, 2.24) is 0 Å². The molecule has 0 fully saturated rings. The van der Waals surface area contributed by atoms with E-state index in [0.717, 1.165) is 18.9 Å². The summed E-state index contributed by atoms with van der Waals surface area (Å²) in [6.07, 6.45) is -2.69. The van der Waals surface area contributed by atoms with E-state index in [1.807, 2.05) is 0 Å². The van der Waals surface area contributed by atoms with Gasteiger partial charge >= 0.3 is 12.1 Å². The van der Waals surface area contributed by atoms with Crippen molar-refractivity contribution in [2.24, 2.45) is 10.9 Å². The molecule has 1 heterocycles. The Morgan fingerprint density at radius 1 is 1.30 bits per heavy atom. The summed E-state index contributed by atoms with van der Waals surface area (Å²) in [5.74, 6) is -1.96. The molecule has 3 nitrogen and oxygen atoms in total. The first kappa shape index (κ1) is 16.2. The largest absolute Gasteiger partial charge is 0.490 e. The van der Waals surface area contributed by atoms with Crippen LogP contribution in [0.3, 0.4) is 0 Å². The Bertz CT molecular complexity index is 469. The average Bonchev–Trinajstić information content (AvgIpc) is 2.39. The number of hydrogen-bond acceptors (Lipinski definition) is 2. The van der Waals surface area contributed by atoms with Crippen LogP contribution in [0.4, 0.5) is 13.2 Å². The third-order valence-electron chi connectivity index (χ3n) is 2.82. The van der Waals surface area contributed by atoms with E-state index in [0.29, 0.717) is 0 Å². The molecule has 1 aromatic carbocycles. The molecule has 0 spiro atoms. The number of carboxylic acids is 1. The molecular weight excluding hydrogens is 271 g/mol. The number of hydrogen-bond donors (Lipinski definition) is 1. The lowest BCUT2D eigenvalue weighted by Crippen LogP contribution is -2.21. The van der Waals surface area contributed by atoms with Gasteiger partial charge in [0.1, 0.15) is 0 Å². The number of aliphatic imine (C=N–C) groups is 1. The highest BCUT2D eigenvalue weighted by atomic mass is 19.4. The molecule has 20 heavy (non-hydrogen) atoms. The van der Waals surface area contributed by atoms with Crippen LogP contribution >= 0.6 is 0 Å². The van der Waals surface area contributed by atoms with Gasteiger partial charge in [0.15, 0.2) is 0 Å². The zero-order valence-electron chi connectivity index (χ0n) is 11.0. The molecule has 1 atom stereocenters. The number of carboxylic acid groups (broad SMARTS) is 1. The van der Waals surface area contributed by atoms with Crippen LogP contribution in [-0.2, 0) is 4.79 Å². The molecule has 1 N–H and O–H groups in total. The van der Waals surface area contributed by atoms with Crippen LogP contribution in [0.5, 0.6) is 0 Å². The SMILES string of the molecule is CC1CCN=C(c2ccccc2)C1.O=C(O)C(F)(F)F. The first-order chi connectivity index (χ1) is 9.30. The highest BCUT2D eigenvalue weighted by molar-refractivity contribution is 6.00. The molecule has 0 saturated carbocycles. The lowest BCUT2D eigenvalue weighted by Gasteiger charge is -2.18. The minimum atomic E-state index is -5.08. The summed E-state index contributed by atoms with van der Waals surface area (Å²) in [5.41, 5.74) is 2.59. The highest BCUT2D eigenvalue weighted by Gasteiger charge is 2.38. The fraction of sp³-hybridized carbons (Fsp3) is 0.429. The Morgan fingerprint density at radius 2 is 1.85 bits per heavy atom. The van der Waals surface area contributed by atoms with Crippen LogP contribution < -0.4 is 0 Å². The normalized spacial score (nSPS) is 18.6. The second-order valence-electron chi connectivity index (χ2n) is 4.60. The smallest absolute Gasteiger partial charge is 0.475 e. The van der Waals surface area contributed by atoms with Gasteiger partial charge in [-0.1, -0.05) is 37.3 Å². The van der Waals surface area contributed by atoms with Gasteiger partial charge in [-0.3, -0.25) is 4.99 Å². The van der Waals surface area contributed by atoms with Gasteiger partial charge in [-0.2, -0.15) is 13.2 Å². The van der Waals surface area contributed by atoms with Crippen LogP contribution in [0, 0.1) is 5.92 Å². The molecule has 0 aromatic heterocycles. The van der Waals surface area contributed by atoms with Gasteiger partial charge in [0.2, 0.25) is 0 Å². The molecule has 0 amide bonds. The second-order valence-corrected chi connectivity index (χ2v) is 4.60. The summed E-state index contributed by atoms with van der Waals surface area (Å²) in [5, 5.41) is 7.12. The molecule has 1 unspecified atom stereocenters. The van der Waals surface area contributed by atoms with E-state index in [2.05, 4.69) is 42.2 Å². The lowest BCUT2D eigenvalue weighted by molar-refractivity contribution is -0.192. The quantitative estimate of drug-likeness (QED) is 0.859. The van der Waals surface area contributed by atoms with Crippen molar-refractivity contribution < 1.29 is 23.1 Å². The fourth-order valence-electron chi connectivity index (χ4n) is 1.76. The van der Waals surface area contributed by atoms with E-state index in [9.17, 15) is 13.2 Å². The molecule has 0 saturated heterocycles. The fourth-order valence-corrected chi connectivity index (χ4v) is 1.76. The highest BCUT2D eigenvalue weighted by Crippen LogP contribution is 2.18. The third-order valence-corrected chi connectivity index (χ3v) is 2.82. The number of halogens is 3. The van der Waals surface area contributed by atoms with Crippen molar-refractivity contribution in [3.8, 4) is 0 Å².